The van der Waals surface area contributed by atoms with Gasteiger partial charge in [-0.15, -0.1) is 0 Å². The van der Waals surface area contributed by atoms with Crippen LogP contribution in [-0.4, -0.2) is 66.1 Å². The summed E-state index contributed by atoms with van der Waals surface area (Å²) in [6.07, 6.45) is 12.1. The average molecular weight is 495 g/mol. The Morgan fingerprint density at radius 3 is 1.09 bits per heavy atom. The first-order valence-electron chi connectivity index (χ1n) is 12.1. The predicted octanol–water partition coefficient (Wildman–Crippen LogP) is 5.77. The highest BCUT2D eigenvalue weighted by molar-refractivity contribution is 6.62. The smallest absolute Gasteiger partial charge is 0.377 e. The topological polar surface area (TPSA) is 72.5 Å². The van der Waals surface area contributed by atoms with Crippen LogP contribution in [0.3, 0.4) is 0 Å². The summed E-state index contributed by atoms with van der Waals surface area (Å²) >= 11 is 0. The van der Waals surface area contributed by atoms with Gasteiger partial charge in [-0.05, 0) is 25.7 Å². The third-order valence-corrected chi connectivity index (χ3v) is 13.0. The highest BCUT2D eigenvalue weighted by Gasteiger charge is 2.44. The molecule has 0 aliphatic carbocycles. The second-order valence-corrected chi connectivity index (χ2v) is 15.5. The van der Waals surface area contributed by atoms with Crippen molar-refractivity contribution in [2.45, 2.75) is 102 Å². The molecule has 0 bridgehead atoms. The Bertz CT molecular complexity index is 415. The van der Waals surface area contributed by atoms with Gasteiger partial charge in [0.15, 0.2) is 0 Å². The number of hydrogen-bond acceptors (Lipinski definition) is 7. The molecule has 0 aromatic heterocycles. The van der Waals surface area contributed by atoms with E-state index in [4.69, 9.17) is 26.6 Å². The zero-order chi connectivity index (χ0) is 24.5. The Hall–Kier alpha value is -0.136. The summed E-state index contributed by atoms with van der Waals surface area (Å²) in [4.78, 5) is 12.1. The molecule has 0 aromatic carbocycles. The van der Waals surface area contributed by atoms with Gasteiger partial charge in [0.1, 0.15) is 5.78 Å². The minimum Gasteiger partial charge on any atom is -0.377 e. The zero-order valence-corrected chi connectivity index (χ0v) is 24.0. The molecule has 32 heavy (non-hydrogen) atoms. The van der Waals surface area contributed by atoms with Crippen molar-refractivity contribution in [1.29, 1.82) is 0 Å². The SMILES string of the molecule is CO[Si](OC)(OC)C(C)CCCCCCC(=O)CCCCCCC(C)[Si](OC)(OC)OC. The van der Waals surface area contributed by atoms with Crippen LogP contribution in [0.2, 0.25) is 11.1 Å². The molecule has 0 saturated heterocycles. The summed E-state index contributed by atoms with van der Waals surface area (Å²) in [5.74, 6) is 0.404. The first kappa shape index (κ1) is 31.9. The van der Waals surface area contributed by atoms with Gasteiger partial charge in [-0.1, -0.05) is 52.4 Å². The molecule has 2 unspecified atom stereocenters. The fourth-order valence-corrected chi connectivity index (χ4v) is 8.97. The van der Waals surface area contributed by atoms with Crippen LogP contribution in [-0.2, 0) is 31.4 Å². The van der Waals surface area contributed by atoms with E-state index in [2.05, 4.69) is 13.8 Å². The summed E-state index contributed by atoms with van der Waals surface area (Å²) in [5.41, 5.74) is 0.564. The number of hydrogen-bond donors (Lipinski definition) is 0. The molecule has 0 radical (unpaired) electrons. The molecule has 0 fully saturated rings. The zero-order valence-electron chi connectivity index (χ0n) is 22.0. The maximum absolute atomic E-state index is 12.1. The Balaban J connectivity index is 3.79. The van der Waals surface area contributed by atoms with Crippen LogP contribution >= 0.6 is 0 Å². The van der Waals surface area contributed by atoms with Gasteiger partial charge in [0, 0.05) is 66.6 Å². The number of ketones is 1. The van der Waals surface area contributed by atoms with Crippen molar-refractivity contribution in [2.75, 3.05) is 42.7 Å². The third-order valence-electron chi connectivity index (χ3n) is 6.60. The summed E-state index contributed by atoms with van der Waals surface area (Å²) < 4.78 is 33.3. The molecule has 0 aliphatic rings. The lowest BCUT2D eigenvalue weighted by molar-refractivity contribution is -0.119. The first-order valence-corrected chi connectivity index (χ1v) is 15.7. The molecular formula is C23H50O7Si2. The molecule has 0 amide bonds. The van der Waals surface area contributed by atoms with Crippen LogP contribution in [0.15, 0.2) is 0 Å². The van der Waals surface area contributed by atoms with E-state index in [0.717, 1.165) is 64.2 Å². The van der Waals surface area contributed by atoms with E-state index < -0.39 is 17.6 Å². The molecule has 0 N–H and O–H groups in total. The number of carbonyl (C=O) groups is 1. The van der Waals surface area contributed by atoms with Gasteiger partial charge in [-0.25, -0.2) is 0 Å². The largest absolute Gasteiger partial charge is 0.503 e. The number of rotatable bonds is 22. The Morgan fingerprint density at radius 2 is 0.812 bits per heavy atom. The van der Waals surface area contributed by atoms with E-state index in [1.165, 1.54) is 0 Å². The quantitative estimate of drug-likeness (QED) is 0.140. The van der Waals surface area contributed by atoms with Crippen molar-refractivity contribution in [3.63, 3.8) is 0 Å². The molecular weight excluding hydrogens is 444 g/mol. The summed E-state index contributed by atoms with van der Waals surface area (Å²) in [5, 5.41) is 0. The molecule has 0 aliphatic heterocycles. The third kappa shape index (κ3) is 10.9. The van der Waals surface area contributed by atoms with Gasteiger partial charge in [0.25, 0.3) is 0 Å². The van der Waals surface area contributed by atoms with Crippen molar-refractivity contribution >= 4 is 23.4 Å². The molecule has 2 atom stereocenters. The van der Waals surface area contributed by atoms with Gasteiger partial charge < -0.3 is 26.6 Å². The van der Waals surface area contributed by atoms with Crippen LogP contribution in [0.25, 0.3) is 0 Å². The van der Waals surface area contributed by atoms with Gasteiger partial charge in [0.2, 0.25) is 0 Å². The van der Waals surface area contributed by atoms with Crippen molar-refractivity contribution in [3.8, 4) is 0 Å². The standard InChI is InChI=1S/C23H50O7Si2/c1-21(31(25-3,26-4)27-5)17-13-9-11-15-19-23(24)20-16-12-10-14-18-22(2)32(28-6,29-7)30-8/h21-22H,9-20H2,1-8H3. The average Bonchev–Trinajstić information content (AvgIpc) is 2.81. The Kier molecular flexibility index (Phi) is 18.1. The lowest BCUT2D eigenvalue weighted by atomic mass is 10.0. The van der Waals surface area contributed by atoms with Crippen molar-refractivity contribution < 1.29 is 31.4 Å². The Morgan fingerprint density at radius 1 is 0.531 bits per heavy atom. The minimum atomic E-state index is -2.52. The van der Waals surface area contributed by atoms with E-state index in [1.54, 1.807) is 42.7 Å². The van der Waals surface area contributed by atoms with Gasteiger partial charge in [0.05, 0.1) is 0 Å². The number of Topliss-reactive ketones (excluding diaryl/α,β-unsaturated/α-hetero) is 1. The molecule has 9 heteroatoms. The molecule has 0 heterocycles. The fraction of sp³-hybridized carbons (Fsp3) is 0.957. The predicted molar refractivity (Wildman–Crippen MR) is 133 cm³/mol. The summed E-state index contributed by atoms with van der Waals surface area (Å²) in [7, 11) is 4.94. The summed E-state index contributed by atoms with van der Waals surface area (Å²) in [6.45, 7) is 4.27. The lowest BCUT2D eigenvalue weighted by Crippen LogP contribution is -2.46. The lowest BCUT2D eigenvalue weighted by Gasteiger charge is -2.30. The van der Waals surface area contributed by atoms with Crippen LogP contribution in [0.5, 0.6) is 0 Å². The van der Waals surface area contributed by atoms with Gasteiger partial charge in [-0.2, -0.15) is 0 Å². The maximum Gasteiger partial charge on any atom is 0.503 e. The normalized spacial score (nSPS) is 14.5. The van der Waals surface area contributed by atoms with Crippen molar-refractivity contribution in [3.05, 3.63) is 0 Å². The molecule has 192 valence electrons. The summed E-state index contributed by atoms with van der Waals surface area (Å²) in [6, 6.07) is 0. The maximum atomic E-state index is 12.1. The molecule has 0 saturated carbocycles. The fourth-order valence-electron chi connectivity index (χ4n) is 4.44. The molecule has 0 spiro atoms. The van der Waals surface area contributed by atoms with Crippen LogP contribution < -0.4 is 0 Å². The van der Waals surface area contributed by atoms with E-state index in [-0.39, 0.29) is 11.1 Å². The molecule has 7 nitrogen and oxygen atoms in total. The second kappa shape index (κ2) is 18.2. The van der Waals surface area contributed by atoms with Crippen LogP contribution in [0.1, 0.15) is 90.9 Å². The monoisotopic (exact) mass is 494 g/mol. The number of unbranched alkanes of at least 4 members (excludes halogenated alkanes) is 6. The molecule has 0 rings (SSSR count). The van der Waals surface area contributed by atoms with E-state index in [0.29, 0.717) is 18.6 Å². The van der Waals surface area contributed by atoms with Crippen molar-refractivity contribution in [2.24, 2.45) is 0 Å². The van der Waals surface area contributed by atoms with E-state index in [9.17, 15) is 4.79 Å². The van der Waals surface area contributed by atoms with Gasteiger partial charge in [-0.3, -0.25) is 4.79 Å². The van der Waals surface area contributed by atoms with Crippen LogP contribution in [0, 0.1) is 0 Å². The Labute approximate surface area is 199 Å². The minimum absolute atomic E-state index is 0.282. The highest BCUT2D eigenvalue weighted by Crippen LogP contribution is 2.30. The molecule has 0 aromatic rings. The van der Waals surface area contributed by atoms with Gasteiger partial charge >= 0.3 is 17.6 Å². The first-order chi connectivity index (χ1) is 15.3. The number of carbonyl (C=O) groups excluding carboxylic acids is 1. The van der Waals surface area contributed by atoms with Crippen molar-refractivity contribution in [1.82, 2.24) is 0 Å². The van der Waals surface area contributed by atoms with Crippen LogP contribution in [0.4, 0.5) is 0 Å². The van der Waals surface area contributed by atoms with E-state index in [1.807, 2.05) is 0 Å². The highest BCUT2D eigenvalue weighted by atomic mass is 28.4. The second-order valence-electron chi connectivity index (χ2n) is 8.68. The van der Waals surface area contributed by atoms with E-state index >= 15 is 0 Å².